The molecule has 0 bridgehead atoms. The molecular formula is C16H15ClN4O2. The van der Waals surface area contributed by atoms with Crippen LogP contribution in [-0.2, 0) is 11.3 Å². The number of amides is 1. The number of aromatic nitrogens is 3. The van der Waals surface area contributed by atoms with Gasteiger partial charge in [0.15, 0.2) is 0 Å². The number of aromatic amines is 1. The molecule has 0 radical (unpaired) electrons. The Kier molecular flexibility index (Phi) is 3.92. The van der Waals surface area contributed by atoms with Gasteiger partial charge in [0, 0.05) is 16.4 Å². The van der Waals surface area contributed by atoms with Crippen molar-refractivity contribution < 1.29 is 4.79 Å². The Morgan fingerprint density at radius 1 is 1.35 bits per heavy atom. The molecule has 3 rings (SSSR count). The van der Waals surface area contributed by atoms with E-state index in [0.717, 1.165) is 11.3 Å². The molecule has 1 aromatic carbocycles. The van der Waals surface area contributed by atoms with Crippen molar-refractivity contribution in [1.82, 2.24) is 14.5 Å². The van der Waals surface area contributed by atoms with Crippen molar-refractivity contribution in [2.24, 2.45) is 0 Å². The minimum atomic E-state index is -0.300. The number of rotatable bonds is 3. The number of fused-ring (bicyclic) bond motifs is 1. The maximum absolute atomic E-state index is 12.3. The van der Waals surface area contributed by atoms with Gasteiger partial charge in [-0.1, -0.05) is 11.6 Å². The molecule has 2 aromatic heterocycles. The van der Waals surface area contributed by atoms with E-state index >= 15 is 0 Å². The van der Waals surface area contributed by atoms with E-state index in [2.05, 4.69) is 15.3 Å². The molecule has 2 N–H and O–H groups in total. The van der Waals surface area contributed by atoms with Crippen molar-refractivity contribution in [3.05, 3.63) is 57.2 Å². The third kappa shape index (κ3) is 3.12. The lowest BCUT2D eigenvalue weighted by Gasteiger charge is -2.09. The molecule has 0 spiro atoms. The second-order valence-corrected chi connectivity index (χ2v) is 5.84. The van der Waals surface area contributed by atoms with Gasteiger partial charge >= 0.3 is 0 Å². The van der Waals surface area contributed by atoms with Gasteiger partial charge < -0.3 is 10.3 Å². The van der Waals surface area contributed by atoms with Crippen molar-refractivity contribution in [2.75, 3.05) is 5.32 Å². The smallest absolute Gasteiger partial charge is 0.263 e. The number of nitrogens with zero attached hydrogens (tertiary/aromatic N) is 2. The number of aryl methyl sites for hydroxylation is 2. The lowest BCUT2D eigenvalue weighted by atomic mass is 10.2. The van der Waals surface area contributed by atoms with E-state index in [-0.39, 0.29) is 18.0 Å². The first-order chi connectivity index (χ1) is 10.9. The number of hydrogen-bond donors (Lipinski definition) is 2. The SMILES string of the molecule is Cc1cc2c(=O)n(CC(=O)Nc3ccc(Cl)cc3C)cnc2[nH]1. The summed E-state index contributed by atoms with van der Waals surface area (Å²) < 4.78 is 1.29. The van der Waals surface area contributed by atoms with Gasteiger partial charge in [0.25, 0.3) is 5.56 Å². The molecule has 3 aromatic rings. The highest BCUT2D eigenvalue weighted by Gasteiger charge is 2.11. The Morgan fingerprint density at radius 3 is 2.87 bits per heavy atom. The van der Waals surface area contributed by atoms with E-state index in [0.29, 0.717) is 21.7 Å². The van der Waals surface area contributed by atoms with Crippen LogP contribution >= 0.6 is 11.6 Å². The third-order valence-electron chi connectivity index (χ3n) is 3.53. The minimum absolute atomic E-state index is 0.103. The van der Waals surface area contributed by atoms with E-state index in [1.165, 1.54) is 10.9 Å². The van der Waals surface area contributed by atoms with Crippen molar-refractivity contribution >= 4 is 34.2 Å². The Labute approximate surface area is 137 Å². The first kappa shape index (κ1) is 15.3. The summed E-state index contributed by atoms with van der Waals surface area (Å²) in [6, 6.07) is 6.92. The molecule has 7 heteroatoms. The highest BCUT2D eigenvalue weighted by atomic mass is 35.5. The van der Waals surface area contributed by atoms with E-state index < -0.39 is 0 Å². The molecule has 0 saturated heterocycles. The quantitative estimate of drug-likeness (QED) is 0.774. The molecule has 6 nitrogen and oxygen atoms in total. The van der Waals surface area contributed by atoms with Crippen molar-refractivity contribution in [3.8, 4) is 0 Å². The first-order valence-electron chi connectivity index (χ1n) is 7.05. The van der Waals surface area contributed by atoms with Gasteiger partial charge in [-0.05, 0) is 43.7 Å². The van der Waals surface area contributed by atoms with Crippen molar-refractivity contribution in [2.45, 2.75) is 20.4 Å². The maximum Gasteiger partial charge on any atom is 0.263 e. The number of anilines is 1. The molecule has 0 aliphatic carbocycles. The number of carbonyl (C=O) groups excluding carboxylic acids is 1. The highest BCUT2D eigenvalue weighted by molar-refractivity contribution is 6.30. The monoisotopic (exact) mass is 330 g/mol. The summed E-state index contributed by atoms with van der Waals surface area (Å²) >= 11 is 5.89. The lowest BCUT2D eigenvalue weighted by Crippen LogP contribution is -2.27. The summed E-state index contributed by atoms with van der Waals surface area (Å²) in [6.07, 6.45) is 1.37. The predicted molar refractivity (Wildman–Crippen MR) is 89.9 cm³/mol. The van der Waals surface area contributed by atoms with Crippen LogP contribution < -0.4 is 10.9 Å². The zero-order valence-corrected chi connectivity index (χ0v) is 13.4. The normalized spacial score (nSPS) is 10.9. The number of hydrogen-bond acceptors (Lipinski definition) is 3. The molecular weight excluding hydrogens is 316 g/mol. The summed E-state index contributed by atoms with van der Waals surface area (Å²) in [6.45, 7) is 3.60. The summed E-state index contributed by atoms with van der Waals surface area (Å²) in [5, 5.41) is 3.85. The van der Waals surface area contributed by atoms with Crippen LogP contribution in [0.5, 0.6) is 0 Å². The second-order valence-electron chi connectivity index (χ2n) is 5.40. The van der Waals surface area contributed by atoms with Crippen LogP contribution in [-0.4, -0.2) is 20.4 Å². The van der Waals surface area contributed by atoms with Crippen LogP contribution in [0.3, 0.4) is 0 Å². The fourth-order valence-corrected chi connectivity index (χ4v) is 2.63. The minimum Gasteiger partial charge on any atom is -0.343 e. The molecule has 0 aliphatic rings. The predicted octanol–water partition coefficient (Wildman–Crippen LogP) is 2.63. The fraction of sp³-hybridized carbons (Fsp3) is 0.188. The summed E-state index contributed by atoms with van der Waals surface area (Å²) in [5.74, 6) is -0.300. The zero-order valence-electron chi connectivity index (χ0n) is 12.7. The van der Waals surface area contributed by atoms with Crippen LogP contribution in [0.25, 0.3) is 11.0 Å². The van der Waals surface area contributed by atoms with Gasteiger partial charge in [0.1, 0.15) is 18.5 Å². The maximum atomic E-state index is 12.3. The number of benzene rings is 1. The van der Waals surface area contributed by atoms with Gasteiger partial charge in [0.05, 0.1) is 5.39 Å². The van der Waals surface area contributed by atoms with Crippen LogP contribution in [0.4, 0.5) is 5.69 Å². The van der Waals surface area contributed by atoms with E-state index in [4.69, 9.17) is 11.6 Å². The molecule has 0 unspecified atom stereocenters. The van der Waals surface area contributed by atoms with Crippen LogP contribution in [0.15, 0.2) is 35.4 Å². The standard InChI is InChI=1S/C16H15ClN4O2/c1-9-5-11(17)3-4-13(9)20-14(22)7-21-8-18-15-12(16(21)23)6-10(2)19-15/h3-6,8,19H,7H2,1-2H3,(H,20,22). The molecule has 0 aliphatic heterocycles. The van der Waals surface area contributed by atoms with Gasteiger partial charge in [-0.15, -0.1) is 0 Å². The zero-order chi connectivity index (χ0) is 16.6. The largest absolute Gasteiger partial charge is 0.343 e. The Morgan fingerprint density at radius 2 is 2.13 bits per heavy atom. The molecule has 118 valence electrons. The average molecular weight is 331 g/mol. The number of H-pyrrole nitrogens is 1. The van der Waals surface area contributed by atoms with E-state index in [1.54, 1.807) is 24.3 Å². The van der Waals surface area contributed by atoms with Crippen molar-refractivity contribution in [1.29, 1.82) is 0 Å². The topological polar surface area (TPSA) is 79.8 Å². The van der Waals surface area contributed by atoms with Crippen LogP contribution in [0, 0.1) is 13.8 Å². The first-order valence-corrected chi connectivity index (χ1v) is 7.42. The van der Waals surface area contributed by atoms with E-state index in [1.807, 2.05) is 13.8 Å². The van der Waals surface area contributed by atoms with E-state index in [9.17, 15) is 9.59 Å². The average Bonchev–Trinajstić information content (AvgIpc) is 2.87. The van der Waals surface area contributed by atoms with Crippen LogP contribution in [0.1, 0.15) is 11.3 Å². The lowest BCUT2D eigenvalue weighted by molar-refractivity contribution is -0.116. The molecule has 0 fully saturated rings. The molecule has 0 atom stereocenters. The second kappa shape index (κ2) is 5.89. The molecule has 23 heavy (non-hydrogen) atoms. The Hall–Kier alpha value is -2.60. The Balaban J connectivity index is 1.82. The molecule has 2 heterocycles. The highest BCUT2D eigenvalue weighted by Crippen LogP contribution is 2.19. The summed E-state index contributed by atoms with van der Waals surface area (Å²) in [7, 11) is 0. The summed E-state index contributed by atoms with van der Waals surface area (Å²) in [4.78, 5) is 31.7. The fourth-order valence-electron chi connectivity index (χ4n) is 2.40. The number of carbonyl (C=O) groups is 1. The number of nitrogens with one attached hydrogen (secondary N) is 2. The van der Waals surface area contributed by atoms with Gasteiger partial charge in [0.2, 0.25) is 5.91 Å². The Bertz CT molecular complexity index is 958. The van der Waals surface area contributed by atoms with Gasteiger partial charge in [-0.3, -0.25) is 14.2 Å². The summed E-state index contributed by atoms with van der Waals surface area (Å²) in [5.41, 5.74) is 2.65. The third-order valence-corrected chi connectivity index (χ3v) is 3.76. The van der Waals surface area contributed by atoms with Gasteiger partial charge in [-0.25, -0.2) is 4.98 Å². The number of halogens is 1. The molecule has 1 amide bonds. The van der Waals surface area contributed by atoms with Crippen LogP contribution in [0.2, 0.25) is 5.02 Å². The van der Waals surface area contributed by atoms with Crippen molar-refractivity contribution in [3.63, 3.8) is 0 Å². The van der Waals surface area contributed by atoms with Gasteiger partial charge in [-0.2, -0.15) is 0 Å². The molecule has 0 saturated carbocycles.